The van der Waals surface area contributed by atoms with Crippen LogP contribution in [0.5, 0.6) is 0 Å². The molecule has 7 nitrogen and oxygen atoms in total. The Bertz CT molecular complexity index is 682. The van der Waals surface area contributed by atoms with Crippen molar-refractivity contribution < 1.29 is 23.1 Å². The lowest BCUT2D eigenvalue weighted by Gasteiger charge is -2.11. The van der Waals surface area contributed by atoms with Gasteiger partial charge in [0.05, 0.1) is 4.90 Å². The van der Waals surface area contributed by atoms with Crippen molar-refractivity contribution in [1.82, 2.24) is 10.0 Å². The van der Waals surface area contributed by atoms with Crippen molar-refractivity contribution in [2.24, 2.45) is 5.92 Å². The lowest BCUT2D eigenvalue weighted by atomic mass is 10.2. The van der Waals surface area contributed by atoms with Crippen LogP contribution in [0.4, 0.5) is 0 Å². The summed E-state index contributed by atoms with van der Waals surface area (Å²) in [5, 5.41) is 11.0. The lowest BCUT2D eigenvalue weighted by molar-refractivity contribution is -0.138. The molecule has 1 saturated carbocycles. The van der Waals surface area contributed by atoms with Crippen LogP contribution in [0.25, 0.3) is 0 Å². The van der Waals surface area contributed by atoms with Gasteiger partial charge in [0, 0.05) is 12.1 Å². The fourth-order valence-corrected chi connectivity index (χ4v) is 2.94. The Morgan fingerprint density at radius 2 is 2.05 bits per heavy atom. The molecule has 1 fully saturated rings. The third-order valence-electron chi connectivity index (χ3n) is 3.38. The molecule has 0 spiro atoms. The molecule has 0 aliphatic heterocycles. The average molecular weight is 326 g/mol. The number of rotatable bonds is 7. The van der Waals surface area contributed by atoms with Gasteiger partial charge < -0.3 is 10.4 Å². The number of carboxylic acid groups (broad SMARTS) is 1. The zero-order chi connectivity index (χ0) is 16.3. The standard InChI is InChI=1S/C14H18N2O5S/c1-9(14(18)19)16-13(17)11-3-2-4-12(7-11)22(20,21)15-8-10-5-6-10/h2-4,7,9-10,15H,5-6,8H2,1H3,(H,16,17)(H,18,19)/t9-/m1/s1. The van der Waals surface area contributed by atoms with Crippen LogP contribution in [0, 0.1) is 5.92 Å². The first-order valence-corrected chi connectivity index (χ1v) is 8.41. The van der Waals surface area contributed by atoms with Crippen LogP contribution in [0.3, 0.4) is 0 Å². The van der Waals surface area contributed by atoms with E-state index in [1.54, 1.807) is 0 Å². The smallest absolute Gasteiger partial charge is 0.325 e. The summed E-state index contributed by atoms with van der Waals surface area (Å²) < 4.78 is 26.8. The number of aliphatic carboxylic acids is 1. The van der Waals surface area contributed by atoms with Crippen molar-refractivity contribution in [3.05, 3.63) is 29.8 Å². The van der Waals surface area contributed by atoms with Gasteiger partial charge >= 0.3 is 5.97 Å². The van der Waals surface area contributed by atoms with Crippen molar-refractivity contribution in [1.29, 1.82) is 0 Å². The molecule has 2 rings (SSSR count). The van der Waals surface area contributed by atoms with Gasteiger partial charge in [-0.3, -0.25) is 9.59 Å². The summed E-state index contributed by atoms with van der Waals surface area (Å²) in [6.45, 7) is 1.73. The monoisotopic (exact) mass is 326 g/mol. The van der Waals surface area contributed by atoms with E-state index in [1.807, 2.05) is 0 Å². The number of benzene rings is 1. The zero-order valence-electron chi connectivity index (χ0n) is 12.1. The van der Waals surface area contributed by atoms with E-state index in [0.717, 1.165) is 12.8 Å². The molecule has 3 N–H and O–H groups in total. The number of sulfonamides is 1. The molecule has 1 amide bonds. The maximum Gasteiger partial charge on any atom is 0.325 e. The van der Waals surface area contributed by atoms with Crippen molar-refractivity contribution in [3.8, 4) is 0 Å². The largest absolute Gasteiger partial charge is 0.480 e. The molecule has 1 aromatic rings. The van der Waals surface area contributed by atoms with E-state index in [0.29, 0.717) is 12.5 Å². The number of hydrogen-bond donors (Lipinski definition) is 3. The molecule has 0 unspecified atom stereocenters. The van der Waals surface area contributed by atoms with Crippen molar-refractivity contribution in [3.63, 3.8) is 0 Å². The second kappa shape index (κ2) is 6.45. The maximum absolute atomic E-state index is 12.1. The van der Waals surface area contributed by atoms with Crippen molar-refractivity contribution in [2.45, 2.75) is 30.7 Å². The molecule has 1 atom stereocenters. The van der Waals surface area contributed by atoms with Crippen LogP contribution >= 0.6 is 0 Å². The Kier molecular flexibility index (Phi) is 4.82. The van der Waals surface area contributed by atoms with Gasteiger partial charge in [-0.05, 0) is 43.9 Å². The van der Waals surface area contributed by atoms with Gasteiger partial charge in [-0.25, -0.2) is 13.1 Å². The quantitative estimate of drug-likeness (QED) is 0.678. The highest BCUT2D eigenvalue weighted by atomic mass is 32.2. The number of nitrogens with one attached hydrogen (secondary N) is 2. The van der Waals surface area contributed by atoms with Gasteiger partial charge in [-0.1, -0.05) is 6.07 Å². The van der Waals surface area contributed by atoms with Crippen LogP contribution in [-0.4, -0.2) is 38.0 Å². The molecule has 1 aliphatic rings. The van der Waals surface area contributed by atoms with Gasteiger partial charge in [0.25, 0.3) is 5.91 Å². The minimum Gasteiger partial charge on any atom is -0.480 e. The second-order valence-electron chi connectivity index (χ2n) is 5.36. The van der Waals surface area contributed by atoms with Gasteiger partial charge in [-0.2, -0.15) is 0 Å². The molecule has 0 saturated heterocycles. The predicted molar refractivity (Wildman–Crippen MR) is 78.9 cm³/mol. The molecule has 1 aromatic carbocycles. The van der Waals surface area contributed by atoms with Crippen LogP contribution in [0.2, 0.25) is 0 Å². The number of hydrogen-bond acceptors (Lipinski definition) is 4. The SMILES string of the molecule is C[C@@H](NC(=O)c1cccc(S(=O)(=O)NCC2CC2)c1)C(=O)O. The van der Waals surface area contributed by atoms with Crippen molar-refractivity contribution in [2.75, 3.05) is 6.54 Å². The van der Waals surface area contributed by atoms with E-state index >= 15 is 0 Å². The number of amides is 1. The topological polar surface area (TPSA) is 113 Å². The highest BCUT2D eigenvalue weighted by Crippen LogP contribution is 2.28. The third-order valence-corrected chi connectivity index (χ3v) is 4.80. The number of carbonyl (C=O) groups excluding carboxylic acids is 1. The molecule has 0 radical (unpaired) electrons. The highest BCUT2D eigenvalue weighted by molar-refractivity contribution is 7.89. The van der Waals surface area contributed by atoms with E-state index < -0.39 is 27.9 Å². The van der Waals surface area contributed by atoms with Crippen LogP contribution in [0.1, 0.15) is 30.1 Å². The summed E-state index contributed by atoms with van der Waals surface area (Å²) in [6, 6.07) is 4.46. The first-order chi connectivity index (χ1) is 10.3. The summed E-state index contributed by atoms with van der Waals surface area (Å²) in [5.41, 5.74) is 0.0994. The van der Waals surface area contributed by atoms with E-state index in [4.69, 9.17) is 5.11 Å². The summed E-state index contributed by atoms with van der Waals surface area (Å²) in [5.74, 6) is -1.39. The lowest BCUT2D eigenvalue weighted by Crippen LogP contribution is -2.38. The Morgan fingerprint density at radius 1 is 1.36 bits per heavy atom. The first kappa shape index (κ1) is 16.4. The van der Waals surface area contributed by atoms with Gasteiger partial charge in [-0.15, -0.1) is 0 Å². The normalized spacial score (nSPS) is 16.0. The number of carboxylic acids is 1. The highest BCUT2D eigenvalue weighted by Gasteiger charge is 2.25. The Labute approximate surface area is 128 Å². The molecule has 0 heterocycles. The zero-order valence-corrected chi connectivity index (χ0v) is 12.9. The molecular weight excluding hydrogens is 308 g/mol. The molecule has 0 aromatic heterocycles. The Balaban J connectivity index is 2.11. The molecule has 22 heavy (non-hydrogen) atoms. The van der Waals surface area contributed by atoms with Gasteiger partial charge in [0.15, 0.2) is 0 Å². The Morgan fingerprint density at radius 3 is 2.64 bits per heavy atom. The van der Waals surface area contributed by atoms with Crippen LogP contribution in [-0.2, 0) is 14.8 Å². The predicted octanol–water partition coefficient (Wildman–Crippen LogP) is 0.578. The molecule has 1 aliphatic carbocycles. The van der Waals surface area contributed by atoms with E-state index in [2.05, 4.69) is 10.0 Å². The fraction of sp³-hybridized carbons (Fsp3) is 0.429. The van der Waals surface area contributed by atoms with Crippen LogP contribution in [0.15, 0.2) is 29.2 Å². The van der Waals surface area contributed by atoms with Crippen molar-refractivity contribution >= 4 is 21.9 Å². The summed E-state index contributed by atoms with van der Waals surface area (Å²) in [7, 11) is -3.66. The summed E-state index contributed by atoms with van der Waals surface area (Å²) in [4.78, 5) is 22.6. The van der Waals surface area contributed by atoms with E-state index in [1.165, 1.54) is 31.2 Å². The average Bonchev–Trinajstić information content (AvgIpc) is 3.29. The van der Waals surface area contributed by atoms with Gasteiger partial charge in [0.1, 0.15) is 6.04 Å². The van der Waals surface area contributed by atoms with E-state index in [-0.39, 0.29) is 10.5 Å². The third kappa shape index (κ3) is 4.28. The maximum atomic E-state index is 12.1. The minimum absolute atomic E-state index is 0.0104. The second-order valence-corrected chi connectivity index (χ2v) is 7.12. The minimum atomic E-state index is -3.66. The molecule has 0 bridgehead atoms. The molecular formula is C14H18N2O5S. The molecule has 8 heteroatoms. The summed E-state index contributed by atoms with van der Waals surface area (Å²) >= 11 is 0. The van der Waals surface area contributed by atoms with Gasteiger partial charge in [0.2, 0.25) is 10.0 Å². The first-order valence-electron chi connectivity index (χ1n) is 6.93. The van der Waals surface area contributed by atoms with E-state index in [9.17, 15) is 18.0 Å². The summed E-state index contributed by atoms with van der Waals surface area (Å²) in [6.07, 6.45) is 2.05. The fourth-order valence-electron chi connectivity index (χ4n) is 1.78. The van der Waals surface area contributed by atoms with Crippen LogP contribution < -0.4 is 10.0 Å². The Hall–Kier alpha value is -1.93. The molecule has 120 valence electrons. The number of carbonyl (C=O) groups is 2.